The van der Waals surface area contributed by atoms with Crippen LogP contribution in [0.15, 0.2) is 36.4 Å². The number of ether oxygens (including phenoxy) is 3. The van der Waals surface area contributed by atoms with Gasteiger partial charge in [-0.2, -0.15) is 18.0 Å². The van der Waals surface area contributed by atoms with Crippen LogP contribution < -0.4 is 14.2 Å². The summed E-state index contributed by atoms with van der Waals surface area (Å²) in [6, 6.07) is 13.7. The molecule has 0 spiro atoms. The van der Waals surface area contributed by atoms with Crippen LogP contribution >= 0.6 is 0 Å². The molecule has 194 valence electrons. The van der Waals surface area contributed by atoms with E-state index in [1.165, 1.54) is 4.31 Å². The first-order valence-electron chi connectivity index (χ1n) is 12.1. The molecule has 1 aromatic heterocycles. The minimum Gasteiger partial charge on any atom is -0.493 e. The summed E-state index contributed by atoms with van der Waals surface area (Å²) < 4.78 is 48.1. The molecule has 1 unspecified atom stereocenters. The van der Waals surface area contributed by atoms with Gasteiger partial charge in [0.05, 0.1) is 38.7 Å². The van der Waals surface area contributed by atoms with Gasteiger partial charge in [-0.05, 0) is 55.7 Å². The van der Waals surface area contributed by atoms with Gasteiger partial charge in [0.15, 0.2) is 11.5 Å². The zero-order valence-corrected chi connectivity index (χ0v) is 22.2. The van der Waals surface area contributed by atoms with E-state index in [1.54, 1.807) is 26.4 Å². The van der Waals surface area contributed by atoms with Gasteiger partial charge in [0.2, 0.25) is 0 Å². The number of benzene rings is 2. The molecule has 0 aliphatic carbocycles. The number of nitrogens with one attached hydrogen (secondary N) is 1. The van der Waals surface area contributed by atoms with Crippen molar-refractivity contribution in [1.29, 1.82) is 5.26 Å². The summed E-state index contributed by atoms with van der Waals surface area (Å²) in [6.45, 7) is 5.59. The Balaban J connectivity index is 1.55. The third-order valence-corrected chi connectivity index (χ3v) is 8.65. The highest BCUT2D eigenvalue weighted by Gasteiger charge is 2.32. The van der Waals surface area contributed by atoms with Crippen LogP contribution in [0.3, 0.4) is 0 Å². The third-order valence-electron chi connectivity index (χ3n) is 7.11. The summed E-state index contributed by atoms with van der Waals surface area (Å²) in [4.78, 5) is 0. The Morgan fingerprint density at radius 2 is 1.73 bits per heavy atom. The summed E-state index contributed by atoms with van der Waals surface area (Å²) in [6.07, 6.45) is 0.796. The first-order chi connectivity index (χ1) is 17.8. The molecular weight excluding hydrogens is 492 g/mol. The van der Waals surface area contributed by atoms with E-state index in [0.717, 1.165) is 40.1 Å². The number of hydrogen-bond donors (Lipinski definition) is 1. The zero-order valence-electron chi connectivity index (χ0n) is 21.4. The Hall–Kier alpha value is -3.52. The van der Waals surface area contributed by atoms with Crippen molar-refractivity contribution in [1.82, 2.24) is 8.87 Å². The lowest BCUT2D eigenvalue weighted by atomic mass is 9.91. The first-order valence-corrected chi connectivity index (χ1v) is 13.6. The second kappa shape index (κ2) is 9.74. The SMILES string of the molecule is COc1cc2c(cc1OC)-c1c(C#N)c(-c3ccc(NS(=O)(=O)N4CCOCC4)cc3)c(C)n1C(C)C2. The van der Waals surface area contributed by atoms with Crippen molar-refractivity contribution in [2.24, 2.45) is 0 Å². The molecule has 9 nitrogen and oxygen atoms in total. The van der Waals surface area contributed by atoms with Crippen molar-refractivity contribution in [3.8, 4) is 40.0 Å². The van der Waals surface area contributed by atoms with E-state index < -0.39 is 10.2 Å². The number of methoxy groups -OCH3 is 2. The molecule has 1 fully saturated rings. The predicted octanol–water partition coefficient (Wildman–Crippen LogP) is 4.13. The molecule has 2 aromatic carbocycles. The second-order valence-electron chi connectivity index (χ2n) is 9.28. The largest absolute Gasteiger partial charge is 0.493 e. The van der Waals surface area contributed by atoms with Crippen LogP contribution in [0.1, 0.15) is 29.8 Å². The number of nitriles is 1. The third kappa shape index (κ3) is 4.33. The van der Waals surface area contributed by atoms with E-state index in [9.17, 15) is 13.7 Å². The first kappa shape index (κ1) is 25.1. The molecular formula is C27H30N4O5S. The lowest BCUT2D eigenvalue weighted by Gasteiger charge is -2.28. The lowest BCUT2D eigenvalue weighted by molar-refractivity contribution is 0.0733. The van der Waals surface area contributed by atoms with Crippen LogP contribution in [0.25, 0.3) is 22.4 Å². The molecule has 3 aromatic rings. The van der Waals surface area contributed by atoms with Crippen molar-refractivity contribution in [2.75, 3.05) is 45.2 Å². The van der Waals surface area contributed by atoms with E-state index >= 15 is 0 Å². The van der Waals surface area contributed by atoms with Crippen molar-refractivity contribution in [3.63, 3.8) is 0 Å². The quantitative estimate of drug-likeness (QED) is 0.522. The Kier molecular flexibility index (Phi) is 6.62. The molecule has 0 amide bonds. The van der Waals surface area contributed by atoms with Gasteiger partial charge in [0.25, 0.3) is 0 Å². The van der Waals surface area contributed by atoms with Gasteiger partial charge < -0.3 is 18.8 Å². The number of aromatic nitrogens is 1. The highest BCUT2D eigenvalue weighted by molar-refractivity contribution is 7.90. The highest BCUT2D eigenvalue weighted by atomic mass is 32.2. The molecule has 37 heavy (non-hydrogen) atoms. The molecule has 2 aliphatic rings. The summed E-state index contributed by atoms with van der Waals surface area (Å²) in [5.41, 5.74) is 6.64. The predicted molar refractivity (Wildman–Crippen MR) is 141 cm³/mol. The summed E-state index contributed by atoms with van der Waals surface area (Å²) in [5.74, 6) is 1.28. The Labute approximate surface area is 217 Å². The molecule has 0 bridgehead atoms. The molecule has 5 rings (SSSR count). The minimum atomic E-state index is -3.67. The van der Waals surface area contributed by atoms with Crippen molar-refractivity contribution < 1.29 is 22.6 Å². The van der Waals surface area contributed by atoms with Gasteiger partial charge in [0, 0.05) is 41.6 Å². The second-order valence-corrected chi connectivity index (χ2v) is 10.9. The van der Waals surface area contributed by atoms with E-state index in [1.807, 2.05) is 31.2 Å². The molecule has 0 radical (unpaired) electrons. The van der Waals surface area contributed by atoms with E-state index in [0.29, 0.717) is 49.1 Å². The normalized spacial score (nSPS) is 17.4. The van der Waals surface area contributed by atoms with E-state index in [4.69, 9.17) is 14.2 Å². The van der Waals surface area contributed by atoms with Gasteiger partial charge in [-0.3, -0.25) is 4.72 Å². The van der Waals surface area contributed by atoms with Crippen LogP contribution in [0.2, 0.25) is 0 Å². The van der Waals surface area contributed by atoms with Crippen molar-refractivity contribution in [3.05, 3.63) is 53.2 Å². The Morgan fingerprint density at radius 3 is 2.35 bits per heavy atom. The average molecular weight is 523 g/mol. The zero-order chi connectivity index (χ0) is 26.3. The molecule has 0 saturated carbocycles. The standard InChI is InChI=1S/C27H30N4O5S/c1-17-13-20-14-24(34-3)25(35-4)15-22(20)27-23(16-28)26(18(2)31(17)27)19-5-7-21(8-6-19)29-37(32,33)30-9-11-36-12-10-30/h5-8,14-15,17,29H,9-13H2,1-4H3. The fourth-order valence-corrected chi connectivity index (χ4v) is 6.60. The molecule has 1 N–H and O–H groups in total. The summed E-state index contributed by atoms with van der Waals surface area (Å²) in [5, 5.41) is 10.3. The number of rotatable bonds is 6. The van der Waals surface area contributed by atoms with Crippen molar-refractivity contribution >= 4 is 15.9 Å². The van der Waals surface area contributed by atoms with Gasteiger partial charge in [0.1, 0.15) is 6.07 Å². The minimum absolute atomic E-state index is 0.140. The Bertz CT molecular complexity index is 1480. The fraction of sp³-hybridized carbons (Fsp3) is 0.370. The smallest absolute Gasteiger partial charge is 0.301 e. The summed E-state index contributed by atoms with van der Waals surface area (Å²) in [7, 11) is -0.445. The number of nitrogens with zero attached hydrogens (tertiary/aromatic N) is 3. The van der Waals surface area contributed by atoms with Gasteiger partial charge in [-0.1, -0.05) is 12.1 Å². The number of morpholine rings is 1. The number of anilines is 1. The van der Waals surface area contributed by atoms with Crippen molar-refractivity contribution in [2.45, 2.75) is 26.3 Å². The molecule has 1 atom stereocenters. The average Bonchev–Trinajstić information content (AvgIpc) is 3.21. The topological polar surface area (TPSA) is 106 Å². The fourth-order valence-electron chi connectivity index (χ4n) is 5.41. The molecule has 10 heteroatoms. The van der Waals surface area contributed by atoms with Gasteiger partial charge >= 0.3 is 10.2 Å². The van der Waals surface area contributed by atoms with Crippen LogP contribution in [0, 0.1) is 18.3 Å². The monoisotopic (exact) mass is 522 g/mol. The number of hydrogen-bond acceptors (Lipinski definition) is 6. The maximum Gasteiger partial charge on any atom is 0.301 e. The number of fused-ring (bicyclic) bond motifs is 3. The maximum absolute atomic E-state index is 12.7. The maximum atomic E-state index is 12.7. The van der Waals surface area contributed by atoms with Gasteiger partial charge in [-0.15, -0.1) is 0 Å². The van der Waals surface area contributed by atoms with Crippen LogP contribution in [-0.2, 0) is 21.4 Å². The molecule has 2 aliphatic heterocycles. The lowest BCUT2D eigenvalue weighted by Crippen LogP contribution is -2.43. The molecule has 3 heterocycles. The van der Waals surface area contributed by atoms with E-state index in [2.05, 4.69) is 22.3 Å². The Morgan fingerprint density at radius 1 is 1.08 bits per heavy atom. The summed E-state index contributed by atoms with van der Waals surface area (Å²) >= 11 is 0. The van der Waals surface area contributed by atoms with Gasteiger partial charge in [-0.25, -0.2) is 0 Å². The highest BCUT2D eigenvalue weighted by Crippen LogP contribution is 2.47. The van der Waals surface area contributed by atoms with Crippen LogP contribution in [-0.4, -0.2) is 57.8 Å². The van der Waals surface area contributed by atoms with Crippen LogP contribution in [0.5, 0.6) is 11.5 Å². The van der Waals surface area contributed by atoms with Crippen LogP contribution in [0.4, 0.5) is 5.69 Å². The molecule has 1 saturated heterocycles. The van der Waals surface area contributed by atoms with E-state index in [-0.39, 0.29) is 6.04 Å².